The minimum atomic E-state index is -5.16. The Morgan fingerprint density at radius 1 is 1.14 bits per heavy atom. The number of hydrogen-bond acceptors (Lipinski definition) is 5. The molecule has 29 heavy (non-hydrogen) atoms. The Kier molecular flexibility index (Phi) is 5.70. The number of rotatable bonds is 4. The van der Waals surface area contributed by atoms with Gasteiger partial charge in [-0.25, -0.2) is 5.01 Å². The van der Waals surface area contributed by atoms with Crippen LogP contribution < -0.4 is 10.7 Å². The van der Waals surface area contributed by atoms with E-state index in [0.29, 0.717) is 12.2 Å². The van der Waals surface area contributed by atoms with E-state index in [1.807, 2.05) is 0 Å². The Morgan fingerprint density at radius 2 is 1.69 bits per heavy atom. The number of carbonyl (C=O) groups excluding carboxylic acids is 2. The van der Waals surface area contributed by atoms with Gasteiger partial charge >= 0.3 is 12.4 Å². The summed E-state index contributed by atoms with van der Waals surface area (Å²) in [7, 11) is 0. The van der Waals surface area contributed by atoms with Gasteiger partial charge in [-0.05, 0) is 44.2 Å². The van der Waals surface area contributed by atoms with Crippen LogP contribution in [0.1, 0.15) is 24.2 Å². The molecule has 12 heteroatoms. The lowest BCUT2D eigenvalue weighted by Crippen LogP contribution is -2.60. The SMILES string of the molecule is CC1=C[C@](O)(C(F)(F)F)N(C(=O)c2ccc(N/C(C)=C/C(=O)C(F)(F)F)cc2)N1. The molecule has 0 saturated heterocycles. The normalized spacial score (nSPS) is 20.2. The van der Waals surface area contributed by atoms with E-state index in [4.69, 9.17) is 0 Å². The average Bonchev–Trinajstić information content (AvgIpc) is 2.89. The van der Waals surface area contributed by atoms with Crippen molar-refractivity contribution >= 4 is 17.4 Å². The topological polar surface area (TPSA) is 81.7 Å². The van der Waals surface area contributed by atoms with Crippen LogP contribution in [-0.4, -0.2) is 39.9 Å². The molecule has 1 aliphatic rings. The van der Waals surface area contributed by atoms with Crippen molar-refractivity contribution in [1.29, 1.82) is 0 Å². The second-order valence-corrected chi connectivity index (χ2v) is 6.20. The molecule has 0 radical (unpaired) electrons. The fourth-order valence-electron chi connectivity index (χ4n) is 2.44. The van der Waals surface area contributed by atoms with Crippen LogP contribution in [0.15, 0.2) is 47.8 Å². The van der Waals surface area contributed by atoms with E-state index < -0.39 is 29.8 Å². The summed E-state index contributed by atoms with van der Waals surface area (Å²) >= 11 is 0. The lowest BCUT2D eigenvalue weighted by Gasteiger charge is -2.33. The molecule has 0 bridgehead atoms. The van der Waals surface area contributed by atoms with Gasteiger partial charge in [0, 0.05) is 28.7 Å². The van der Waals surface area contributed by atoms with Crippen molar-refractivity contribution < 1.29 is 41.0 Å². The van der Waals surface area contributed by atoms with E-state index in [1.54, 1.807) is 0 Å². The molecule has 0 fully saturated rings. The average molecular weight is 423 g/mol. The molecular weight excluding hydrogens is 408 g/mol. The lowest BCUT2D eigenvalue weighted by molar-refractivity contribution is -0.283. The van der Waals surface area contributed by atoms with Gasteiger partial charge in [0.2, 0.25) is 0 Å². The van der Waals surface area contributed by atoms with Crippen LogP contribution in [0.25, 0.3) is 0 Å². The monoisotopic (exact) mass is 423 g/mol. The van der Waals surface area contributed by atoms with Crippen LogP contribution in [0.5, 0.6) is 0 Å². The summed E-state index contributed by atoms with van der Waals surface area (Å²) in [6, 6.07) is 4.64. The van der Waals surface area contributed by atoms with Crippen molar-refractivity contribution in [2.45, 2.75) is 31.9 Å². The van der Waals surface area contributed by atoms with Crippen molar-refractivity contribution in [2.24, 2.45) is 0 Å². The first kappa shape index (κ1) is 22.3. The molecule has 0 saturated carbocycles. The number of benzene rings is 1. The Morgan fingerprint density at radius 3 is 2.17 bits per heavy atom. The number of aliphatic hydroxyl groups is 1. The first-order chi connectivity index (χ1) is 13.1. The van der Waals surface area contributed by atoms with Crippen LogP contribution in [-0.2, 0) is 4.79 Å². The highest BCUT2D eigenvalue weighted by atomic mass is 19.4. The predicted octanol–water partition coefficient (Wildman–Crippen LogP) is 3.25. The first-order valence-corrected chi connectivity index (χ1v) is 7.91. The zero-order valence-corrected chi connectivity index (χ0v) is 14.9. The highest BCUT2D eigenvalue weighted by Crippen LogP contribution is 2.38. The minimum Gasteiger partial charge on any atom is -0.359 e. The number of alkyl halides is 6. The minimum absolute atomic E-state index is 0.0257. The summed E-state index contributed by atoms with van der Waals surface area (Å²) < 4.78 is 76.3. The van der Waals surface area contributed by atoms with Gasteiger partial charge in [0.15, 0.2) is 0 Å². The summed E-state index contributed by atoms with van der Waals surface area (Å²) in [6.07, 6.45) is -9.40. The number of anilines is 1. The number of allylic oxidation sites excluding steroid dienone is 3. The highest BCUT2D eigenvalue weighted by molar-refractivity contribution is 5.96. The van der Waals surface area contributed by atoms with Gasteiger partial charge in [0.05, 0.1) is 0 Å². The molecule has 3 N–H and O–H groups in total. The summed E-state index contributed by atoms with van der Waals surface area (Å²) in [6.45, 7) is 2.43. The molecule has 1 heterocycles. The van der Waals surface area contributed by atoms with Gasteiger partial charge in [-0.3, -0.25) is 15.0 Å². The number of nitrogens with zero attached hydrogens (tertiary/aromatic N) is 1. The van der Waals surface area contributed by atoms with Gasteiger partial charge in [-0.1, -0.05) is 0 Å². The second kappa shape index (κ2) is 7.43. The van der Waals surface area contributed by atoms with Gasteiger partial charge in [0.25, 0.3) is 17.4 Å². The van der Waals surface area contributed by atoms with Gasteiger partial charge in [-0.15, -0.1) is 0 Å². The molecule has 0 aliphatic carbocycles. The molecule has 1 aromatic rings. The van der Waals surface area contributed by atoms with E-state index >= 15 is 0 Å². The molecule has 0 aromatic heterocycles. The van der Waals surface area contributed by atoms with E-state index in [-0.39, 0.29) is 27.7 Å². The molecule has 1 amide bonds. The molecule has 1 aromatic carbocycles. The zero-order valence-electron chi connectivity index (χ0n) is 14.9. The highest BCUT2D eigenvalue weighted by Gasteiger charge is 2.61. The quantitative estimate of drug-likeness (QED) is 0.512. The van der Waals surface area contributed by atoms with E-state index in [2.05, 4.69) is 10.7 Å². The zero-order chi connectivity index (χ0) is 22.2. The number of nitrogens with one attached hydrogen (secondary N) is 2. The van der Waals surface area contributed by atoms with Gasteiger partial charge in [0.1, 0.15) is 0 Å². The molecule has 2 rings (SSSR count). The van der Waals surface area contributed by atoms with Crippen molar-refractivity contribution in [3.05, 3.63) is 53.4 Å². The van der Waals surface area contributed by atoms with Crippen molar-refractivity contribution in [2.75, 3.05) is 5.32 Å². The number of hydrazine groups is 1. The van der Waals surface area contributed by atoms with E-state index in [0.717, 1.165) is 12.1 Å². The third-order valence-corrected chi connectivity index (χ3v) is 3.77. The number of amides is 1. The fraction of sp³-hybridized carbons (Fsp3) is 0.294. The maximum atomic E-state index is 13.2. The Hall–Kier alpha value is -3.02. The summed E-state index contributed by atoms with van der Waals surface area (Å²) in [5.41, 5.74) is -1.69. The standard InChI is InChI=1S/C17H15F6N3O3/c1-9(7-13(27)16(18,19)20)24-12-5-3-11(4-6-12)14(28)26-15(29,17(21,22)23)8-10(2)25-26/h3-8,24-25,29H,1-2H3/b9-7+/t15-/m0/s1. The fourth-order valence-corrected chi connectivity index (χ4v) is 2.44. The van der Waals surface area contributed by atoms with Crippen LogP contribution in [0, 0.1) is 0 Å². The maximum Gasteiger partial charge on any atom is 0.454 e. The van der Waals surface area contributed by atoms with Crippen molar-refractivity contribution in [3.63, 3.8) is 0 Å². The second-order valence-electron chi connectivity index (χ2n) is 6.20. The third-order valence-electron chi connectivity index (χ3n) is 3.77. The van der Waals surface area contributed by atoms with Gasteiger partial charge in [-0.2, -0.15) is 26.3 Å². The van der Waals surface area contributed by atoms with Crippen LogP contribution >= 0.6 is 0 Å². The predicted molar refractivity (Wildman–Crippen MR) is 89.0 cm³/mol. The van der Waals surface area contributed by atoms with Crippen molar-refractivity contribution in [3.8, 4) is 0 Å². The summed E-state index contributed by atoms with van der Waals surface area (Å²) in [4.78, 5) is 23.3. The Bertz CT molecular complexity index is 874. The molecule has 1 atom stereocenters. The first-order valence-electron chi connectivity index (χ1n) is 7.91. The summed E-state index contributed by atoms with van der Waals surface area (Å²) in [5.74, 6) is -3.26. The molecule has 0 unspecified atom stereocenters. The Labute approximate surface area is 160 Å². The summed E-state index contributed by atoms with van der Waals surface area (Å²) in [5, 5.41) is 12.4. The molecule has 0 spiro atoms. The molecule has 1 aliphatic heterocycles. The number of ketones is 1. The van der Waals surface area contributed by atoms with E-state index in [1.165, 1.54) is 26.0 Å². The van der Waals surface area contributed by atoms with Gasteiger partial charge < -0.3 is 10.4 Å². The molecule has 158 valence electrons. The smallest absolute Gasteiger partial charge is 0.359 e. The Balaban J connectivity index is 2.17. The van der Waals surface area contributed by atoms with E-state index in [9.17, 15) is 41.0 Å². The third kappa shape index (κ3) is 4.70. The largest absolute Gasteiger partial charge is 0.454 e. The lowest BCUT2D eigenvalue weighted by atomic mass is 10.1. The molecular formula is C17H15F6N3O3. The number of hydrogen-bond donors (Lipinski definition) is 3. The van der Waals surface area contributed by atoms with Crippen LogP contribution in [0.4, 0.5) is 32.0 Å². The molecule has 6 nitrogen and oxygen atoms in total. The number of halogens is 6. The van der Waals surface area contributed by atoms with Crippen LogP contribution in [0.3, 0.4) is 0 Å². The van der Waals surface area contributed by atoms with Crippen LogP contribution in [0.2, 0.25) is 0 Å². The maximum absolute atomic E-state index is 13.2. The van der Waals surface area contributed by atoms with Crippen molar-refractivity contribution in [1.82, 2.24) is 10.4 Å². The number of carbonyl (C=O) groups is 2.